The molecule has 0 radical (unpaired) electrons. The van der Waals surface area contributed by atoms with Crippen LogP contribution >= 0.6 is 15.9 Å². The number of ether oxygens (including phenoxy) is 1. The lowest BCUT2D eigenvalue weighted by molar-refractivity contribution is -0.131. The summed E-state index contributed by atoms with van der Waals surface area (Å²) in [4.78, 5) is 13.1. The molecule has 1 N–H and O–H groups in total. The van der Waals surface area contributed by atoms with Gasteiger partial charge in [0.05, 0.1) is 24.1 Å². The molecule has 13 heavy (non-hydrogen) atoms. The van der Waals surface area contributed by atoms with Crippen molar-refractivity contribution in [1.29, 1.82) is 0 Å². The van der Waals surface area contributed by atoms with E-state index in [-0.39, 0.29) is 23.4 Å². The molecule has 2 atom stereocenters. The van der Waals surface area contributed by atoms with Gasteiger partial charge in [-0.3, -0.25) is 4.79 Å². The summed E-state index contributed by atoms with van der Waals surface area (Å²) in [6.07, 6.45) is 0.805. The second-order valence-corrected chi connectivity index (χ2v) is 4.18. The minimum absolute atomic E-state index is 0.0424. The van der Waals surface area contributed by atoms with Crippen LogP contribution in [0.15, 0.2) is 0 Å². The van der Waals surface area contributed by atoms with E-state index in [1.54, 1.807) is 12.0 Å². The maximum Gasteiger partial charge on any atom is 0.236 e. The van der Waals surface area contributed by atoms with Crippen LogP contribution in [0.2, 0.25) is 0 Å². The van der Waals surface area contributed by atoms with E-state index in [4.69, 9.17) is 9.84 Å². The molecular weight excluding hydrogens is 238 g/mol. The van der Waals surface area contributed by atoms with Crippen molar-refractivity contribution in [3.8, 4) is 0 Å². The number of aliphatic hydroxyl groups excluding tert-OH is 1. The highest BCUT2D eigenvalue weighted by Crippen LogP contribution is 2.20. The Morgan fingerprint density at radius 2 is 2.54 bits per heavy atom. The van der Waals surface area contributed by atoms with Crippen LogP contribution < -0.4 is 0 Å². The molecule has 0 aliphatic carbocycles. The van der Waals surface area contributed by atoms with Gasteiger partial charge in [0, 0.05) is 13.7 Å². The third-order valence-corrected chi connectivity index (χ3v) is 3.03. The van der Waals surface area contributed by atoms with Gasteiger partial charge in [-0.15, -0.1) is 0 Å². The fraction of sp³-hybridized carbons (Fsp3) is 0.875. The van der Waals surface area contributed by atoms with Gasteiger partial charge < -0.3 is 14.7 Å². The normalized spacial score (nSPS) is 25.3. The van der Waals surface area contributed by atoms with Crippen LogP contribution in [-0.2, 0) is 9.53 Å². The summed E-state index contributed by atoms with van der Waals surface area (Å²) in [6, 6.07) is -0.194. The zero-order valence-electron chi connectivity index (χ0n) is 7.57. The number of alkyl halides is 1. The Morgan fingerprint density at radius 3 is 2.92 bits per heavy atom. The predicted molar refractivity (Wildman–Crippen MR) is 51.8 cm³/mol. The van der Waals surface area contributed by atoms with Gasteiger partial charge in [-0.2, -0.15) is 0 Å². The third-order valence-electron chi connectivity index (χ3n) is 2.19. The van der Waals surface area contributed by atoms with Gasteiger partial charge in [0.15, 0.2) is 0 Å². The van der Waals surface area contributed by atoms with E-state index < -0.39 is 0 Å². The first-order chi connectivity index (χ1) is 6.20. The van der Waals surface area contributed by atoms with Crippen LogP contribution in [0.3, 0.4) is 0 Å². The largest absolute Gasteiger partial charge is 0.394 e. The Labute approximate surface area is 86.0 Å². The van der Waals surface area contributed by atoms with E-state index in [1.807, 2.05) is 0 Å². The molecule has 1 aliphatic rings. The lowest BCUT2D eigenvalue weighted by atomic mass is 10.3. The molecule has 0 spiro atoms. The van der Waals surface area contributed by atoms with Gasteiger partial charge in [-0.25, -0.2) is 0 Å². The Morgan fingerprint density at radius 1 is 1.85 bits per heavy atom. The van der Waals surface area contributed by atoms with Crippen LogP contribution in [-0.4, -0.2) is 53.7 Å². The molecule has 0 saturated carbocycles. The van der Waals surface area contributed by atoms with Crippen molar-refractivity contribution in [3.05, 3.63) is 0 Å². The Hall–Kier alpha value is -0.130. The maximum atomic E-state index is 11.5. The van der Waals surface area contributed by atoms with Gasteiger partial charge in [0.25, 0.3) is 0 Å². The first-order valence-corrected chi connectivity index (χ1v) is 5.16. The topological polar surface area (TPSA) is 49.8 Å². The Balaban J connectivity index is 2.54. The number of nitrogens with zero attached hydrogens (tertiary/aromatic N) is 1. The molecule has 0 aromatic carbocycles. The first-order valence-electron chi connectivity index (χ1n) is 4.25. The molecule has 0 bridgehead atoms. The van der Waals surface area contributed by atoms with Crippen molar-refractivity contribution in [2.45, 2.75) is 17.3 Å². The molecule has 4 nitrogen and oxygen atoms in total. The van der Waals surface area contributed by atoms with E-state index in [0.717, 1.165) is 6.42 Å². The van der Waals surface area contributed by atoms with Gasteiger partial charge in [0.2, 0.25) is 5.91 Å². The Kier molecular flexibility index (Phi) is 4.15. The highest BCUT2D eigenvalue weighted by molar-refractivity contribution is 9.10. The van der Waals surface area contributed by atoms with E-state index >= 15 is 0 Å². The van der Waals surface area contributed by atoms with Crippen molar-refractivity contribution in [2.24, 2.45) is 0 Å². The summed E-state index contributed by atoms with van der Waals surface area (Å²) in [7, 11) is 1.56. The molecule has 1 amide bonds. The number of aliphatic hydroxyl groups is 1. The van der Waals surface area contributed by atoms with Crippen LogP contribution in [0.4, 0.5) is 0 Å². The maximum absolute atomic E-state index is 11.5. The lowest BCUT2D eigenvalue weighted by Crippen LogP contribution is -2.42. The zero-order valence-corrected chi connectivity index (χ0v) is 9.16. The summed E-state index contributed by atoms with van der Waals surface area (Å²) in [5.41, 5.74) is 0. The van der Waals surface area contributed by atoms with Crippen molar-refractivity contribution in [2.75, 3.05) is 26.9 Å². The number of hydrogen-bond donors (Lipinski definition) is 1. The number of hydrogen-bond acceptors (Lipinski definition) is 3. The van der Waals surface area contributed by atoms with Gasteiger partial charge in [0.1, 0.15) is 0 Å². The van der Waals surface area contributed by atoms with Crippen molar-refractivity contribution >= 4 is 21.8 Å². The molecular formula is C8H14BrNO3. The fourth-order valence-electron chi connectivity index (χ4n) is 1.46. The van der Waals surface area contributed by atoms with E-state index in [0.29, 0.717) is 13.2 Å². The molecule has 1 aliphatic heterocycles. The SMILES string of the molecule is COCC(CO)N1CCC(Br)C1=O. The summed E-state index contributed by atoms with van der Waals surface area (Å²) >= 11 is 3.28. The molecule has 0 aromatic heterocycles. The fourth-order valence-corrected chi connectivity index (χ4v) is 1.93. The lowest BCUT2D eigenvalue weighted by Gasteiger charge is -2.25. The Bertz CT molecular complexity index is 188. The van der Waals surface area contributed by atoms with Crippen LogP contribution in [0.5, 0.6) is 0 Å². The van der Waals surface area contributed by atoms with Crippen molar-refractivity contribution in [1.82, 2.24) is 4.90 Å². The second kappa shape index (κ2) is 4.93. The predicted octanol–water partition coefficient (Wildman–Crippen LogP) is -0.0105. The summed E-state index contributed by atoms with van der Waals surface area (Å²) in [5.74, 6) is 0.0519. The molecule has 1 rings (SSSR count). The number of rotatable bonds is 4. The van der Waals surface area contributed by atoms with Gasteiger partial charge >= 0.3 is 0 Å². The average molecular weight is 252 g/mol. The molecule has 5 heteroatoms. The van der Waals surface area contributed by atoms with E-state index in [9.17, 15) is 4.79 Å². The summed E-state index contributed by atoms with van der Waals surface area (Å²) < 4.78 is 4.92. The van der Waals surface area contributed by atoms with Crippen molar-refractivity contribution in [3.63, 3.8) is 0 Å². The quantitative estimate of drug-likeness (QED) is 0.716. The van der Waals surface area contributed by atoms with Gasteiger partial charge in [-0.1, -0.05) is 15.9 Å². The number of carbonyl (C=O) groups excluding carboxylic acids is 1. The molecule has 1 heterocycles. The van der Waals surface area contributed by atoms with E-state index in [2.05, 4.69) is 15.9 Å². The second-order valence-electron chi connectivity index (χ2n) is 3.08. The molecule has 76 valence electrons. The zero-order chi connectivity index (χ0) is 9.84. The van der Waals surface area contributed by atoms with E-state index in [1.165, 1.54) is 0 Å². The van der Waals surface area contributed by atoms with Crippen LogP contribution in [0.25, 0.3) is 0 Å². The smallest absolute Gasteiger partial charge is 0.236 e. The van der Waals surface area contributed by atoms with Crippen LogP contribution in [0, 0.1) is 0 Å². The van der Waals surface area contributed by atoms with Crippen LogP contribution in [0.1, 0.15) is 6.42 Å². The number of methoxy groups -OCH3 is 1. The van der Waals surface area contributed by atoms with Gasteiger partial charge in [-0.05, 0) is 6.42 Å². The molecule has 0 aromatic rings. The first kappa shape index (κ1) is 10.9. The number of halogens is 1. The standard InChI is InChI=1S/C8H14BrNO3/c1-13-5-6(4-11)10-3-2-7(9)8(10)12/h6-7,11H,2-5H2,1H3. The molecule has 1 saturated heterocycles. The molecule has 1 fully saturated rings. The molecule has 2 unspecified atom stereocenters. The average Bonchev–Trinajstić information content (AvgIpc) is 2.45. The summed E-state index contributed by atoms with van der Waals surface area (Å²) in [6.45, 7) is 1.05. The highest BCUT2D eigenvalue weighted by atomic mass is 79.9. The third kappa shape index (κ3) is 2.42. The summed E-state index contributed by atoms with van der Waals surface area (Å²) in [5, 5.41) is 9.03. The number of carbonyl (C=O) groups is 1. The highest BCUT2D eigenvalue weighted by Gasteiger charge is 2.33. The number of amides is 1. The minimum Gasteiger partial charge on any atom is -0.394 e. The minimum atomic E-state index is -0.194. The monoisotopic (exact) mass is 251 g/mol. The van der Waals surface area contributed by atoms with Crippen molar-refractivity contribution < 1.29 is 14.6 Å². The number of likely N-dealkylation sites (tertiary alicyclic amines) is 1.